The topological polar surface area (TPSA) is 107 Å². The Labute approximate surface area is 160 Å². The number of carbonyl (C=O) groups is 1. The van der Waals surface area contributed by atoms with E-state index in [-0.39, 0.29) is 47.0 Å². The highest BCUT2D eigenvalue weighted by Gasteiger charge is 2.25. The summed E-state index contributed by atoms with van der Waals surface area (Å²) in [6.45, 7) is 0.326. The van der Waals surface area contributed by atoms with E-state index in [0.717, 1.165) is 0 Å². The zero-order chi connectivity index (χ0) is 19.6. The number of hydrogen-bond donors (Lipinski definition) is 0. The number of carbonyl (C=O) groups excluding carboxylic acids is 1. The van der Waals surface area contributed by atoms with Gasteiger partial charge in [-0.3, -0.25) is 14.9 Å². The summed E-state index contributed by atoms with van der Waals surface area (Å²) in [6, 6.07) is 10.2. The third kappa shape index (κ3) is 4.55. The third-order valence-electron chi connectivity index (χ3n) is 4.08. The molecule has 142 valence electrons. The molecule has 0 aromatic heterocycles. The van der Waals surface area contributed by atoms with Gasteiger partial charge in [0, 0.05) is 29.7 Å². The van der Waals surface area contributed by atoms with E-state index < -0.39 is 14.8 Å². The van der Waals surface area contributed by atoms with E-state index in [9.17, 15) is 23.3 Å². The highest BCUT2D eigenvalue weighted by atomic mass is 35.5. The molecule has 1 heterocycles. The van der Waals surface area contributed by atoms with Gasteiger partial charge in [0.2, 0.25) is 5.75 Å². The Hall–Kier alpha value is -2.65. The quantitative estimate of drug-likeness (QED) is 0.566. The molecule has 0 N–H and O–H groups in total. The molecular weight excluding hydrogens is 396 g/mol. The molecule has 1 amide bonds. The molecule has 2 aromatic carbocycles. The van der Waals surface area contributed by atoms with Gasteiger partial charge in [-0.1, -0.05) is 11.6 Å². The third-order valence-corrected chi connectivity index (χ3v) is 5.92. The Morgan fingerprint density at radius 1 is 1.11 bits per heavy atom. The van der Waals surface area contributed by atoms with E-state index in [1.54, 1.807) is 0 Å². The first-order valence-electron chi connectivity index (χ1n) is 7.97. The lowest BCUT2D eigenvalue weighted by atomic mass is 10.2. The minimum atomic E-state index is -3.07. The molecule has 0 unspecified atom stereocenters. The van der Waals surface area contributed by atoms with E-state index in [0.29, 0.717) is 11.3 Å². The molecule has 0 atom stereocenters. The SMILES string of the molecule is O=C(c1ccc(Oc2ccc(Cl)cc2[N+](=O)[O-])cc1)N1CCS(=O)(=O)CC1. The van der Waals surface area contributed by atoms with Crippen molar-refractivity contribution in [3.8, 4) is 11.5 Å². The molecule has 10 heteroatoms. The number of nitro groups is 1. The van der Waals surface area contributed by atoms with E-state index >= 15 is 0 Å². The van der Waals surface area contributed by atoms with Crippen LogP contribution in [-0.2, 0) is 9.84 Å². The number of sulfone groups is 1. The second-order valence-corrected chi connectivity index (χ2v) is 8.68. The van der Waals surface area contributed by atoms with Crippen LogP contribution in [0.25, 0.3) is 0 Å². The summed E-state index contributed by atoms with van der Waals surface area (Å²) in [7, 11) is -3.07. The first-order valence-corrected chi connectivity index (χ1v) is 10.2. The Morgan fingerprint density at radius 2 is 1.74 bits per heavy atom. The fourth-order valence-corrected chi connectivity index (χ4v) is 3.98. The van der Waals surface area contributed by atoms with Crippen molar-refractivity contribution in [2.45, 2.75) is 0 Å². The summed E-state index contributed by atoms with van der Waals surface area (Å²) in [5.74, 6) is -0.00260. The Kier molecular flexibility index (Phi) is 5.33. The van der Waals surface area contributed by atoms with Crippen molar-refractivity contribution in [2.24, 2.45) is 0 Å². The van der Waals surface area contributed by atoms with Crippen LogP contribution < -0.4 is 4.74 Å². The van der Waals surface area contributed by atoms with Crippen LogP contribution in [0, 0.1) is 10.1 Å². The van der Waals surface area contributed by atoms with Crippen LogP contribution in [0.1, 0.15) is 10.4 Å². The Bertz CT molecular complexity index is 977. The number of ether oxygens (including phenoxy) is 1. The molecule has 0 bridgehead atoms. The van der Waals surface area contributed by atoms with Crippen molar-refractivity contribution in [2.75, 3.05) is 24.6 Å². The van der Waals surface area contributed by atoms with Crippen molar-refractivity contribution in [3.05, 3.63) is 63.2 Å². The second kappa shape index (κ2) is 7.53. The molecule has 0 spiro atoms. The predicted molar refractivity (Wildman–Crippen MR) is 99.2 cm³/mol. The number of nitro benzene ring substituents is 1. The number of nitrogens with zero attached hydrogens (tertiary/aromatic N) is 2. The molecule has 1 fully saturated rings. The monoisotopic (exact) mass is 410 g/mol. The van der Waals surface area contributed by atoms with Gasteiger partial charge in [-0.25, -0.2) is 8.42 Å². The van der Waals surface area contributed by atoms with Crippen LogP contribution in [0.3, 0.4) is 0 Å². The summed E-state index contributed by atoms with van der Waals surface area (Å²) in [4.78, 5) is 24.4. The first kappa shape index (κ1) is 19.1. The molecule has 0 radical (unpaired) electrons. The lowest BCUT2D eigenvalue weighted by molar-refractivity contribution is -0.385. The van der Waals surface area contributed by atoms with Crippen molar-refractivity contribution in [1.82, 2.24) is 4.90 Å². The number of rotatable bonds is 4. The second-order valence-electron chi connectivity index (χ2n) is 5.94. The summed E-state index contributed by atoms with van der Waals surface area (Å²) < 4.78 is 28.4. The zero-order valence-corrected chi connectivity index (χ0v) is 15.6. The highest BCUT2D eigenvalue weighted by Crippen LogP contribution is 2.33. The molecule has 0 aliphatic carbocycles. The zero-order valence-electron chi connectivity index (χ0n) is 14.0. The van der Waals surface area contributed by atoms with Gasteiger partial charge >= 0.3 is 5.69 Å². The summed E-state index contributed by atoms with van der Waals surface area (Å²) in [5, 5.41) is 11.3. The molecule has 1 saturated heterocycles. The maximum absolute atomic E-state index is 12.4. The number of benzene rings is 2. The minimum Gasteiger partial charge on any atom is -0.450 e. The number of amides is 1. The van der Waals surface area contributed by atoms with Gasteiger partial charge < -0.3 is 9.64 Å². The lowest BCUT2D eigenvalue weighted by Crippen LogP contribution is -2.43. The van der Waals surface area contributed by atoms with Gasteiger partial charge in [0.05, 0.1) is 16.4 Å². The molecule has 1 aliphatic rings. The average Bonchev–Trinajstić information content (AvgIpc) is 2.63. The fraction of sp³-hybridized carbons (Fsp3) is 0.235. The van der Waals surface area contributed by atoms with Gasteiger partial charge in [-0.2, -0.15) is 0 Å². The van der Waals surface area contributed by atoms with Crippen molar-refractivity contribution in [3.63, 3.8) is 0 Å². The molecule has 3 rings (SSSR count). The average molecular weight is 411 g/mol. The molecule has 0 saturated carbocycles. The van der Waals surface area contributed by atoms with Gasteiger partial charge in [0.15, 0.2) is 9.84 Å². The maximum Gasteiger partial charge on any atom is 0.313 e. The normalized spacial score (nSPS) is 16.0. The van der Waals surface area contributed by atoms with Crippen LogP contribution in [0.5, 0.6) is 11.5 Å². The van der Waals surface area contributed by atoms with Gasteiger partial charge in [0.25, 0.3) is 5.91 Å². The van der Waals surface area contributed by atoms with Crippen molar-refractivity contribution in [1.29, 1.82) is 0 Å². The molecule has 27 heavy (non-hydrogen) atoms. The van der Waals surface area contributed by atoms with Crippen LogP contribution in [0.4, 0.5) is 5.69 Å². The molecule has 8 nitrogen and oxygen atoms in total. The highest BCUT2D eigenvalue weighted by molar-refractivity contribution is 7.91. The van der Waals surface area contributed by atoms with E-state index in [1.807, 2.05) is 0 Å². The standard InChI is InChI=1S/C17H15ClN2O6S/c18-13-3-6-16(15(11-13)20(22)23)26-14-4-1-12(2-5-14)17(21)19-7-9-27(24,25)10-8-19/h1-6,11H,7-10H2. The Morgan fingerprint density at radius 3 is 2.33 bits per heavy atom. The van der Waals surface area contributed by atoms with Crippen LogP contribution in [0.2, 0.25) is 5.02 Å². The molecule has 2 aromatic rings. The maximum atomic E-state index is 12.4. The summed E-state index contributed by atoms with van der Waals surface area (Å²) >= 11 is 5.77. The van der Waals surface area contributed by atoms with Crippen molar-refractivity contribution >= 4 is 33.0 Å². The van der Waals surface area contributed by atoms with E-state index in [1.165, 1.54) is 47.4 Å². The van der Waals surface area contributed by atoms with Gasteiger partial charge in [-0.15, -0.1) is 0 Å². The van der Waals surface area contributed by atoms with E-state index in [2.05, 4.69) is 0 Å². The van der Waals surface area contributed by atoms with Crippen LogP contribution in [0.15, 0.2) is 42.5 Å². The number of hydrogen-bond acceptors (Lipinski definition) is 6. The molecule has 1 aliphatic heterocycles. The largest absolute Gasteiger partial charge is 0.450 e. The van der Waals surface area contributed by atoms with Gasteiger partial charge in [0.1, 0.15) is 5.75 Å². The minimum absolute atomic E-state index is 0.0321. The fourth-order valence-electron chi connectivity index (χ4n) is 2.61. The predicted octanol–water partition coefficient (Wildman–Crippen LogP) is 2.91. The smallest absolute Gasteiger partial charge is 0.313 e. The summed E-state index contributed by atoms with van der Waals surface area (Å²) in [5.41, 5.74) is 0.115. The van der Waals surface area contributed by atoms with Crippen LogP contribution >= 0.6 is 11.6 Å². The Balaban J connectivity index is 1.73. The van der Waals surface area contributed by atoms with Crippen molar-refractivity contribution < 1.29 is 22.9 Å². The van der Waals surface area contributed by atoms with Gasteiger partial charge in [-0.05, 0) is 36.4 Å². The number of halogens is 1. The van der Waals surface area contributed by atoms with E-state index in [4.69, 9.17) is 16.3 Å². The first-order chi connectivity index (χ1) is 12.7. The summed E-state index contributed by atoms with van der Waals surface area (Å²) in [6.07, 6.45) is 0. The molecular formula is C17H15ClN2O6S. The van der Waals surface area contributed by atoms with Crippen LogP contribution in [-0.4, -0.2) is 48.7 Å². The lowest BCUT2D eigenvalue weighted by Gasteiger charge is -2.26.